The topological polar surface area (TPSA) is 64.7 Å². The third-order valence-electron chi connectivity index (χ3n) is 6.42. The fraction of sp³-hybridized carbons (Fsp3) is 0.423. The number of oxazole rings is 1. The van der Waals surface area contributed by atoms with Crippen LogP contribution in [0.3, 0.4) is 0 Å². The van der Waals surface area contributed by atoms with Crippen molar-refractivity contribution in [3.05, 3.63) is 70.1 Å². The second-order valence-electron chi connectivity index (χ2n) is 8.31. The SMILES string of the molecule is CCC(C(O)OC)C1CCc2cc(OCCc3nc(-c4ccccc4)oc3C)c(Cl)cc21. The predicted molar refractivity (Wildman–Crippen MR) is 125 cm³/mol. The number of rotatable bonds is 9. The maximum absolute atomic E-state index is 10.3. The Morgan fingerprint density at radius 3 is 2.75 bits per heavy atom. The van der Waals surface area contributed by atoms with E-state index in [2.05, 4.69) is 18.0 Å². The van der Waals surface area contributed by atoms with Crippen LogP contribution in [0.15, 0.2) is 46.9 Å². The smallest absolute Gasteiger partial charge is 0.226 e. The van der Waals surface area contributed by atoms with Crippen LogP contribution in [0.4, 0.5) is 0 Å². The first kappa shape index (κ1) is 22.8. The molecule has 170 valence electrons. The molecule has 0 fully saturated rings. The largest absolute Gasteiger partial charge is 0.492 e. The first-order valence-electron chi connectivity index (χ1n) is 11.2. The zero-order chi connectivity index (χ0) is 22.7. The van der Waals surface area contributed by atoms with Crippen molar-refractivity contribution in [2.75, 3.05) is 13.7 Å². The van der Waals surface area contributed by atoms with Gasteiger partial charge in [-0.05, 0) is 67.5 Å². The second kappa shape index (κ2) is 10.1. The van der Waals surface area contributed by atoms with Gasteiger partial charge < -0.3 is 19.0 Å². The van der Waals surface area contributed by atoms with Gasteiger partial charge in [0.25, 0.3) is 0 Å². The summed E-state index contributed by atoms with van der Waals surface area (Å²) in [4.78, 5) is 4.64. The molecule has 3 atom stereocenters. The van der Waals surface area contributed by atoms with Gasteiger partial charge in [0.05, 0.1) is 17.3 Å². The Morgan fingerprint density at radius 2 is 2.03 bits per heavy atom. The highest BCUT2D eigenvalue weighted by Gasteiger charge is 2.34. The van der Waals surface area contributed by atoms with Gasteiger partial charge in [-0.2, -0.15) is 0 Å². The average molecular weight is 456 g/mol. The lowest BCUT2D eigenvalue weighted by molar-refractivity contribution is -0.119. The highest BCUT2D eigenvalue weighted by molar-refractivity contribution is 6.32. The van der Waals surface area contributed by atoms with E-state index in [4.69, 9.17) is 25.5 Å². The lowest BCUT2D eigenvalue weighted by Crippen LogP contribution is -2.26. The van der Waals surface area contributed by atoms with E-state index in [0.29, 0.717) is 29.7 Å². The molecule has 1 heterocycles. The standard InChI is InChI=1S/C26H30ClNO4/c1-4-19(26(29)30-3)20-11-10-18-14-24(22(27)15-21(18)20)31-13-12-23-16(2)32-25(28-23)17-8-6-5-7-9-17/h5-9,14-15,19-20,26,29H,4,10-13H2,1-3H3. The third-order valence-corrected chi connectivity index (χ3v) is 6.72. The number of nitrogens with zero attached hydrogens (tertiary/aromatic N) is 1. The van der Waals surface area contributed by atoms with Crippen molar-refractivity contribution >= 4 is 11.6 Å². The number of halogens is 1. The summed E-state index contributed by atoms with van der Waals surface area (Å²) in [7, 11) is 1.55. The molecule has 4 rings (SSSR count). The lowest BCUT2D eigenvalue weighted by Gasteiger charge is -2.27. The number of ether oxygens (including phenoxy) is 2. The van der Waals surface area contributed by atoms with E-state index in [9.17, 15) is 5.11 Å². The van der Waals surface area contributed by atoms with Crippen LogP contribution in [-0.2, 0) is 17.6 Å². The molecule has 2 aromatic carbocycles. The van der Waals surface area contributed by atoms with Crippen LogP contribution in [-0.4, -0.2) is 30.1 Å². The minimum absolute atomic E-state index is 0.0537. The van der Waals surface area contributed by atoms with E-state index in [1.54, 1.807) is 7.11 Å². The van der Waals surface area contributed by atoms with Crippen molar-refractivity contribution in [2.24, 2.45) is 5.92 Å². The van der Waals surface area contributed by atoms with Gasteiger partial charge in [-0.3, -0.25) is 0 Å². The molecule has 0 bridgehead atoms. The minimum atomic E-state index is -0.767. The zero-order valence-electron chi connectivity index (χ0n) is 18.8. The lowest BCUT2D eigenvalue weighted by atomic mass is 9.85. The number of benzene rings is 2. The van der Waals surface area contributed by atoms with Crippen LogP contribution < -0.4 is 4.74 Å². The van der Waals surface area contributed by atoms with E-state index in [0.717, 1.165) is 36.3 Å². The Bertz CT molecular complexity index is 1050. The minimum Gasteiger partial charge on any atom is -0.492 e. The highest BCUT2D eigenvalue weighted by Crippen LogP contribution is 2.44. The van der Waals surface area contributed by atoms with Crippen LogP contribution in [0, 0.1) is 12.8 Å². The molecule has 6 heteroatoms. The van der Waals surface area contributed by atoms with Crippen LogP contribution >= 0.6 is 11.6 Å². The third kappa shape index (κ3) is 4.70. The van der Waals surface area contributed by atoms with Gasteiger partial charge in [-0.25, -0.2) is 4.98 Å². The van der Waals surface area contributed by atoms with Gasteiger partial charge in [0.15, 0.2) is 6.29 Å². The normalized spacial score (nSPS) is 17.2. The van der Waals surface area contributed by atoms with Crippen LogP contribution in [0.2, 0.25) is 5.02 Å². The molecule has 0 aliphatic heterocycles. The number of aryl methyl sites for hydroxylation is 2. The summed E-state index contributed by atoms with van der Waals surface area (Å²) in [6.07, 6.45) is 2.64. The number of fused-ring (bicyclic) bond motifs is 1. The van der Waals surface area contributed by atoms with Crippen molar-refractivity contribution in [3.8, 4) is 17.2 Å². The molecule has 32 heavy (non-hydrogen) atoms. The number of aliphatic hydroxyl groups excluding tert-OH is 1. The summed E-state index contributed by atoms with van der Waals surface area (Å²) < 4.78 is 17.1. The van der Waals surface area contributed by atoms with E-state index < -0.39 is 6.29 Å². The Kier molecular flexibility index (Phi) is 7.19. The van der Waals surface area contributed by atoms with Gasteiger partial charge in [-0.1, -0.05) is 36.7 Å². The molecule has 0 saturated heterocycles. The first-order valence-corrected chi connectivity index (χ1v) is 11.6. The fourth-order valence-corrected chi connectivity index (χ4v) is 4.90. The molecule has 3 unspecified atom stereocenters. The summed E-state index contributed by atoms with van der Waals surface area (Å²) in [5.41, 5.74) is 4.29. The van der Waals surface area contributed by atoms with E-state index in [-0.39, 0.29) is 11.8 Å². The van der Waals surface area contributed by atoms with Crippen LogP contribution in [0.1, 0.15) is 48.3 Å². The maximum atomic E-state index is 10.3. The molecule has 1 aromatic heterocycles. The summed E-state index contributed by atoms with van der Waals surface area (Å²) >= 11 is 6.58. The molecule has 5 nitrogen and oxygen atoms in total. The van der Waals surface area contributed by atoms with E-state index >= 15 is 0 Å². The van der Waals surface area contributed by atoms with Gasteiger partial charge in [0, 0.05) is 25.0 Å². The van der Waals surface area contributed by atoms with Crippen molar-refractivity contribution < 1.29 is 19.0 Å². The van der Waals surface area contributed by atoms with Crippen molar-refractivity contribution in [2.45, 2.75) is 51.7 Å². The van der Waals surface area contributed by atoms with Crippen LogP contribution in [0.5, 0.6) is 5.75 Å². The molecule has 0 saturated carbocycles. The molecule has 0 amide bonds. The van der Waals surface area contributed by atoms with Gasteiger partial charge in [0.2, 0.25) is 5.89 Å². The van der Waals surface area contributed by atoms with E-state index in [1.165, 1.54) is 11.1 Å². The van der Waals surface area contributed by atoms with Crippen LogP contribution in [0.25, 0.3) is 11.5 Å². The molecule has 3 aromatic rings. The highest BCUT2D eigenvalue weighted by atomic mass is 35.5. The Balaban J connectivity index is 1.43. The summed E-state index contributed by atoms with van der Waals surface area (Å²) in [6, 6.07) is 13.9. The Hall–Kier alpha value is -2.34. The molecule has 1 N–H and O–H groups in total. The molecule has 1 aliphatic rings. The molecule has 0 radical (unpaired) electrons. The number of hydrogen-bond donors (Lipinski definition) is 1. The first-order chi connectivity index (χ1) is 15.5. The molecular weight excluding hydrogens is 426 g/mol. The molecule has 0 spiro atoms. The quantitative estimate of drug-likeness (QED) is 0.404. The van der Waals surface area contributed by atoms with Crippen molar-refractivity contribution in [1.29, 1.82) is 0 Å². The number of hydrogen-bond acceptors (Lipinski definition) is 5. The Labute approximate surface area is 194 Å². The number of aliphatic hydroxyl groups is 1. The maximum Gasteiger partial charge on any atom is 0.226 e. The number of methoxy groups -OCH3 is 1. The average Bonchev–Trinajstić information content (AvgIpc) is 3.38. The molecular formula is C26H30ClNO4. The second-order valence-corrected chi connectivity index (χ2v) is 8.72. The van der Waals surface area contributed by atoms with Gasteiger partial charge in [0.1, 0.15) is 11.5 Å². The van der Waals surface area contributed by atoms with Crippen molar-refractivity contribution in [1.82, 2.24) is 4.98 Å². The summed E-state index contributed by atoms with van der Waals surface area (Å²) in [6.45, 7) is 4.47. The zero-order valence-corrected chi connectivity index (χ0v) is 19.6. The van der Waals surface area contributed by atoms with E-state index in [1.807, 2.05) is 43.3 Å². The van der Waals surface area contributed by atoms with Gasteiger partial charge in [-0.15, -0.1) is 0 Å². The molecule has 1 aliphatic carbocycles. The van der Waals surface area contributed by atoms with Gasteiger partial charge >= 0.3 is 0 Å². The summed E-state index contributed by atoms with van der Waals surface area (Å²) in [5, 5.41) is 10.9. The van der Waals surface area contributed by atoms with Crippen molar-refractivity contribution in [3.63, 3.8) is 0 Å². The fourth-order valence-electron chi connectivity index (χ4n) is 4.68. The monoisotopic (exact) mass is 455 g/mol. The Morgan fingerprint density at radius 1 is 1.25 bits per heavy atom. The predicted octanol–water partition coefficient (Wildman–Crippen LogP) is 5.95. The number of aromatic nitrogens is 1. The summed E-state index contributed by atoms with van der Waals surface area (Å²) in [5.74, 6) is 2.42.